The highest BCUT2D eigenvalue weighted by molar-refractivity contribution is 6.33. The second-order valence-electron chi connectivity index (χ2n) is 8.10. The van der Waals surface area contributed by atoms with Crippen LogP contribution in [0.2, 0.25) is 5.02 Å². The molecule has 2 heterocycles. The van der Waals surface area contributed by atoms with Crippen molar-refractivity contribution < 1.29 is 4.74 Å². The predicted molar refractivity (Wildman–Crippen MR) is 131 cm³/mol. The highest BCUT2D eigenvalue weighted by Crippen LogP contribution is 2.31. The summed E-state index contributed by atoms with van der Waals surface area (Å²) in [7, 11) is 0. The standard InChI is InChI=1S/C27H29ClN2O/c1-4-6-7-22(5-2)31-23-14-12-20(13-15-23)19-8-10-21(11-9-19)27-24(28)17-26-25(30-27)16-18(3)29-26/h8-17,22,29H,4-7H2,1-3H3. The van der Waals surface area contributed by atoms with Gasteiger partial charge in [-0.2, -0.15) is 0 Å². The van der Waals surface area contributed by atoms with Gasteiger partial charge in [0.25, 0.3) is 0 Å². The van der Waals surface area contributed by atoms with E-state index in [-0.39, 0.29) is 0 Å². The van der Waals surface area contributed by atoms with E-state index < -0.39 is 0 Å². The van der Waals surface area contributed by atoms with Crippen molar-refractivity contribution in [3.63, 3.8) is 0 Å². The van der Waals surface area contributed by atoms with Gasteiger partial charge in [-0.05, 0) is 55.2 Å². The lowest BCUT2D eigenvalue weighted by molar-refractivity contribution is 0.183. The first-order chi connectivity index (χ1) is 15.1. The van der Waals surface area contributed by atoms with E-state index in [1.807, 2.05) is 19.1 Å². The zero-order valence-electron chi connectivity index (χ0n) is 18.4. The van der Waals surface area contributed by atoms with Crippen molar-refractivity contribution in [2.24, 2.45) is 0 Å². The number of H-pyrrole nitrogens is 1. The summed E-state index contributed by atoms with van der Waals surface area (Å²) in [6.07, 6.45) is 4.85. The minimum Gasteiger partial charge on any atom is -0.490 e. The normalized spacial score (nSPS) is 12.3. The summed E-state index contributed by atoms with van der Waals surface area (Å²) in [6.45, 7) is 6.43. The van der Waals surface area contributed by atoms with Crippen LogP contribution in [-0.2, 0) is 0 Å². The summed E-state index contributed by atoms with van der Waals surface area (Å²) >= 11 is 6.51. The number of hydrogen-bond donors (Lipinski definition) is 1. The molecule has 0 aliphatic carbocycles. The van der Waals surface area contributed by atoms with E-state index >= 15 is 0 Å². The fourth-order valence-electron chi connectivity index (χ4n) is 3.89. The zero-order chi connectivity index (χ0) is 21.8. The Balaban J connectivity index is 1.51. The van der Waals surface area contributed by atoms with Crippen molar-refractivity contribution in [3.8, 4) is 28.1 Å². The van der Waals surface area contributed by atoms with Crippen LogP contribution in [0.25, 0.3) is 33.4 Å². The van der Waals surface area contributed by atoms with Crippen molar-refractivity contribution in [1.29, 1.82) is 0 Å². The minimum atomic E-state index is 0.295. The molecule has 0 aliphatic rings. The molecule has 3 nitrogen and oxygen atoms in total. The van der Waals surface area contributed by atoms with Gasteiger partial charge in [0.2, 0.25) is 0 Å². The molecular formula is C27H29ClN2O. The first-order valence-electron chi connectivity index (χ1n) is 11.1. The molecule has 4 rings (SSSR count). The Morgan fingerprint density at radius 2 is 1.58 bits per heavy atom. The van der Waals surface area contributed by atoms with Crippen LogP contribution in [0, 0.1) is 6.92 Å². The van der Waals surface area contributed by atoms with Crippen molar-refractivity contribution >= 4 is 22.6 Å². The summed E-state index contributed by atoms with van der Waals surface area (Å²) in [6, 6.07) is 20.8. The van der Waals surface area contributed by atoms with Crippen molar-refractivity contribution in [2.75, 3.05) is 0 Å². The van der Waals surface area contributed by atoms with Crippen LogP contribution in [0.15, 0.2) is 60.7 Å². The van der Waals surface area contributed by atoms with Gasteiger partial charge in [0.05, 0.1) is 27.9 Å². The number of nitrogens with one attached hydrogen (secondary N) is 1. The first kappa shape index (κ1) is 21.5. The summed E-state index contributed by atoms with van der Waals surface area (Å²) in [5.41, 5.74) is 7.11. The lowest BCUT2D eigenvalue weighted by atomic mass is 10.0. The lowest BCUT2D eigenvalue weighted by Gasteiger charge is -2.17. The third-order valence-electron chi connectivity index (χ3n) is 5.67. The first-order valence-corrected chi connectivity index (χ1v) is 11.5. The molecule has 0 bridgehead atoms. The molecule has 2 aromatic carbocycles. The van der Waals surface area contributed by atoms with E-state index in [1.54, 1.807) is 0 Å². The van der Waals surface area contributed by atoms with Crippen LogP contribution in [0.5, 0.6) is 5.75 Å². The Hall–Kier alpha value is -2.78. The van der Waals surface area contributed by atoms with Crippen molar-refractivity contribution in [3.05, 3.63) is 71.4 Å². The van der Waals surface area contributed by atoms with Gasteiger partial charge in [0.1, 0.15) is 5.75 Å². The van der Waals surface area contributed by atoms with E-state index in [4.69, 9.17) is 21.3 Å². The monoisotopic (exact) mass is 432 g/mol. The fraction of sp³-hybridized carbons (Fsp3) is 0.296. The number of halogens is 1. The van der Waals surface area contributed by atoms with Crippen molar-refractivity contribution in [2.45, 2.75) is 52.6 Å². The van der Waals surface area contributed by atoms with Gasteiger partial charge in [-0.3, -0.25) is 0 Å². The van der Waals surface area contributed by atoms with Gasteiger partial charge >= 0.3 is 0 Å². The van der Waals surface area contributed by atoms with Crippen LogP contribution >= 0.6 is 11.6 Å². The summed E-state index contributed by atoms with van der Waals surface area (Å²) in [5, 5.41) is 0.650. The van der Waals surface area contributed by atoms with Gasteiger partial charge in [0, 0.05) is 11.3 Å². The number of benzene rings is 2. The molecule has 0 fully saturated rings. The van der Waals surface area contributed by atoms with Crippen LogP contribution in [-0.4, -0.2) is 16.1 Å². The Bertz CT molecular complexity index is 1150. The Kier molecular flexibility index (Phi) is 6.62. The second-order valence-corrected chi connectivity index (χ2v) is 8.50. The maximum absolute atomic E-state index is 6.51. The van der Waals surface area contributed by atoms with E-state index in [9.17, 15) is 0 Å². The molecule has 160 valence electrons. The third-order valence-corrected chi connectivity index (χ3v) is 5.96. The molecule has 0 spiro atoms. The minimum absolute atomic E-state index is 0.295. The molecule has 0 saturated heterocycles. The molecule has 1 atom stereocenters. The zero-order valence-corrected chi connectivity index (χ0v) is 19.2. The summed E-state index contributed by atoms with van der Waals surface area (Å²) < 4.78 is 6.16. The van der Waals surface area contributed by atoms with Crippen LogP contribution in [0.1, 0.15) is 45.2 Å². The highest BCUT2D eigenvalue weighted by Gasteiger charge is 2.11. The lowest BCUT2D eigenvalue weighted by Crippen LogP contribution is -2.14. The number of aromatic amines is 1. The predicted octanol–water partition coefficient (Wildman–Crippen LogP) is 8.21. The van der Waals surface area contributed by atoms with Gasteiger partial charge in [-0.1, -0.05) is 74.7 Å². The summed E-state index contributed by atoms with van der Waals surface area (Å²) in [4.78, 5) is 8.04. The molecule has 0 radical (unpaired) electrons. The third kappa shape index (κ3) is 4.94. The number of fused-ring (bicyclic) bond motifs is 1. The summed E-state index contributed by atoms with van der Waals surface area (Å²) in [5.74, 6) is 0.939. The molecule has 4 aromatic rings. The molecule has 2 aromatic heterocycles. The Morgan fingerprint density at radius 3 is 2.23 bits per heavy atom. The van der Waals surface area contributed by atoms with Gasteiger partial charge in [-0.25, -0.2) is 4.98 Å². The van der Waals surface area contributed by atoms with Crippen LogP contribution < -0.4 is 4.74 Å². The number of aromatic nitrogens is 2. The topological polar surface area (TPSA) is 37.9 Å². The second kappa shape index (κ2) is 9.57. The van der Waals surface area contributed by atoms with Gasteiger partial charge in [0.15, 0.2) is 0 Å². The molecule has 1 unspecified atom stereocenters. The van der Waals surface area contributed by atoms with Crippen molar-refractivity contribution in [1.82, 2.24) is 9.97 Å². The molecule has 4 heteroatoms. The van der Waals surface area contributed by atoms with Crippen LogP contribution in [0.3, 0.4) is 0 Å². The number of rotatable bonds is 8. The van der Waals surface area contributed by atoms with E-state index in [1.165, 1.54) is 12.8 Å². The molecule has 0 aliphatic heterocycles. The maximum Gasteiger partial charge on any atom is 0.119 e. The molecule has 31 heavy (non-hydrogen) atoms. The van der Waals surface area contributed by atoms with Gasteiger partial charge < -0.3 is 9.72 Å². The van der Waals surface area contributed by atoms with Gasteiger partial charge in [-0.15, -0.1) is 0 Å². The van der Waals surface area contributed by atoms with E-state index in [0.29, 0.717) is 11.1 Å². The number of nitrogens with zero attached hydrogens (tertiary/aromatic N) is 1. The quantitative estimate of drug-likeness (QED) is 0.304. The fourth-order valence-corrected chi connectivity index (χ4v) is 4.15. The average Bonchev–Trinajstić information content (AvgIpc) is 3.15. The average molecular weight is 433 g/mol. The number of unbranched alkanes of at least 4 members (excludes halogenated alkanes) is 1. The maximum atomic E-state index is 6.51. The number of ether oxygens (including phenoxy) is 1. The Morgan fingerprint density at radius 1 is 0.935 bits per heavy atom. The number of hydrogen-bond acceptors (Lipinski definition) is 2. The number of aryl methyl sites for hydroxylation is 1. The molecular weight excluding hydrogens is 404 g/mol. The smallest absolute Gasteiger partial charge is 0.119 e. The molecule has 0 saturated carbocycles. The SMILES string of the molecule is CCCCC(CC)Oc1ccc(-c2ccc(-c3nc4cc(C)[nH]c4cc3Cl)cc2)cc1. The molecule has 1 N–H and O–H groups in total. The highest BCUT2D eigenvalue weighted by atomic mass is 35.5. The number of pyridine rings is 1. The largest absolute Gasteiger partial charge is 0.490 e. The molecule has 0 amide bonds. The van der Waals surface area contributed by atoms with E-state index in [0.717, 1.165) is 57.7 Å². The Labute approximate surface area is 189 Å². The van der Waals surface area contributed by atoms with Crippen LogP contribution in [0.4, 0.5) is 0 Å². The van der Waals surface area contributed by atoms with E-state index in [2.05, 4.69) is 67.4 Å².